The van der Waals surface area contributed by atoms with Crippen LogP contribution in [0.25, 0.3) is 0 Å². The number of aryl methyl sites for hydroxylation is 1. The lowest BCUT2D eigenvalue weighted by molar-refractivity contribution is -0.130. The number of benzene rings is 2. The van der Waals surface area contributed by atoms with Gasteiger partial charge in [0.25, 0.3) is 0 Å². The fourth-order valence-corrected chi connectivity index (χ4v) is 4.61. The molecule has 0 aliphatic heterocycles. The maximum Gasteiger partial charge on any atom is 0.243 e. The molecular formula is C33H49N3O5. The maximum atomic E-state index is 13.2. The van der Waals surface area contributed by atoms with Gasteiger partial charge in [0.15, 0.2) is 0 Å². The number of carbonyl (C=O) groups excluding carboxylic acids is 3. The highest BCUT2D eigenvalue weighted by atomic mass is 16.5. The molecule has 0 aliphatic rings. The van der Waals surface area contributed by atoms with Crippen LogP contribution in [-0.4, -0.2) is 53.7 Å². The second kappa shape index (κ2) is 17.4. The summed E-state index contributed by atoms with van der Waals surface area (Å²) in [6.45, 7) is 11.6. The van der Waals surface area contributed by atoms with Crippen LogP contribution in [-0.2, 0) is 20.8 Å². The zero-order chi connectivity index (χ0) is 30.4. The Morgan fingerprint density at radius 2 is 1.54 bits per heavy atom. The molecule has 0 bridgehead atoms. The molecule has 226 valence electrons. The van der Waals surface area contributed by atoms with Crippen molar-refractivity contribution in [3.63, 3.8) is 0 Å². The molecule has 2 rings (SSSR count). The van der Waals surface area contributed by atoms with Crippen LogP contribution in [0, 0.1) is 18.8 Å². The Balaban J connectivity index is 2.11. The van der Waals surface area contributed by atoms with E-state index in [4.69, 9.17) is 4.74 Å². The molecule has 4 atom stereocenters. The molecule has 0 saturated heterocycles. The quantitative estimate of drug-likeness (QED) is 0.227. The van der Waals surface area contributed by atoms with Gasteiger partial charge in [-0.25, -0.2) is 0 Å². The van der Waals surface area contributed by atoms with Gasteiger partial charge in [-0.05, 0) is 62.1 Å². The van der Waals surface area contributed by atoms with Crippen LogP contribution < -0.4 is 20.7 Å². The molecule has 0 radical (unpaired) electrons. The Morgan fingerprint density at radius 3 is 2.12 bits per heavy atom. The summed E-state index contributed by atoms with van der Waals surface area (Å²) in [6, 6.07) is 15.8. The Kier molecular flexibility index (Phi) is 14.4. The zero-order valence-electron chi connectivity index (χ0n) is 25.5. The van der Waals surface area contributed by atoms with Gasteiger partial charge in [-0.3, -0.25) is 14.4 Å². The van der Waals surface area contributed by atoms with E-state index >= 15 is 0 Å². The number of hydrogen-bond acceptors (Lipinski definition) is 5. The van der Waals surface area contributed by atoms with Gasteiger partial charge >= 0.3 is 0 Å². The summed E-state index contributed by atoms with van der Waals surface area (Å²) in [4.78, 5) is 37.8. The van der Waals surface area contributed by atoms with E-state index in [2.05, 4.69) is 29.8 Å². The van der Waals surface area contributed by atoms with Gasteiger partial charge in [0, 0.05) is 13.0 Å². The van der Waals surface area contributed by atoms with Crippen molar-refractivity contribution in [3.8, 4) is 5.75 Å². The van der Waals surface area contributed by atoms with Gasteiger partial charge in [0.2, 0.25) is 17.7 Å². The smallest absolute Gasteiger partial charge is 0.243 e. The number of amides is 3. The summed E-state index contributed by atoms with van der Waals surface area (Å²) in [5.74, 6) is 0.262. The Morgan fingerprint density at radius 1 is 0.878 bits per heavy atom. The van der Waals surface area contributed by atoms with Gasteiger partial charge in [0.05, 0.1) is 25.2 Å². The number of aliphatic hydroxyl groups is 1. The summed E-state index contributed by atoms with van der Waals surface area (Å²) in [6.07, 6.45) is 1.47. The molecule has 8 heteroatoms. The first-order valence-electron chi connectivity index (χ1n) is 14.7. The second-order valence-corrected chi connectivity index (χ2v) is 11.7. The molecule has 2 unspecified atom stereocenters. The molecule has 0 fully saturated rings. The molecule has 3 amide bonds. The molecule has 0 spiro atoms. The van der Waals surface area contributed by atoms with Crippen LogP contribution in [0.1, 0.15) is 71.4 Å². The summed E-state index contributed by atoms with van der Waals surface area (Å²) in [5, 5.41) is 20.2. The maximum absolute atomic E-state index is 13.2. The summed E-state index contributed by atoms with van der Waals surface area (Å²) in [7, 11) is 0. The number of nitrogens with one attached hydrogen (secondary N) is 3. The van der Waals surface area contributed by atoms with Crippen LogP contribution in [0.3, 0.4) is 0 Å². The number of aliphatic hydroxyl groups excluding tert-OH is 1. The van der Waals surface area contributed by atoms with E-state index in [1.165, 1.54) is 6.92 Å². The van der Waals surface area contributed by atoms with E-state index in [0.29, 0.717) is 24.5 Å². The minimum Gasteiger partial charge on any atom is -0.493 e. The van der Waals surface area contributed by atoms with Crippen molar-refractivity contribution in [2.75, 3.05) is 6.61 Å². The third-order valence-corrected chi connectivity index (χ3v) is 7.00. The fourth-order valence-electron chi connectivity index (χ4n) is 4.61. The molecular weight excluding hydrogens is 518 g/mol. The molecule has 2 aromatic rings. The van der Waals surface area contributed by atoms with Gasteiger partial charge in [-0.15, -0.1) is 0 Å². The number of carbonyl (C=O) groups is 3. The number of ether oxygens (including phenoxy) is 1. The Hall–Kier alpha value is -3.39. The highest BCUT2D eigenvalue weighted by Crippen LogP contribution is 2.17. The molecule has 0 aliphatic carbocycles. The van der Waals surface area contributed by atoms with Crippen molar-refractivity contribution in [1.29, 1.82) is 0 Å². The lowest BCUT2D eigenvalue weighted by atomic mass is 9.92. The van der Waals surface area contributed by atoms with E-state index < -0.39 is 18.2 Å². The summed E-state index contributed by atoms with van der Waals surface area (Å²) < 4.78 is 5.72. The SMILES string of the molecule is CC(=O)N[C@H](C(=O)NC(CCC(C)C)C[C@H](O)C(Cc1ccccc1)NC(=O)CCOc1ccc(C)cc1)C(C)C. The van der Waals surface area contributed by atoms with Gasteiger partial charge in [-0.2, -0.15) is 0 Å². The van der Waals surface area contributed by atoms with E-state index in [-0.39, 0.29) is 49.1 Å². The van der Waals surface area contributed by atoms with Crippen LogP contribution in [0.5, 0.6) is 5.75 Å². The molecule has 0 heterocycles. The predicted molar refractivity (Wildman–Crippen MR) is 162 cm³/mol. The van der Waals surface area contributed by atoms with Crippen molar-refractivity contribution in [1.82, 2.24) is 16.0 Å². The van der Waals surface area contributed by atoms with E-state index in [9.17, 15) is 19.5 Å². The topological polar surface area (TPSA) is 117 Å². The molecule has 0 saturated carbocycles. The average molecular weight is 568 g/mol. The predicted octanol–water partition coefficient (Wildman–Crippen LogP) is 4.32. The first kappa shape index (κ1) is 33.8. The Labute approximate surface area is 245 Å². The highest BCUT2D eigenvalue weighted by Gasteiger charge is 2.29. The van der Waals surface area contributed by atoms with Crippen LogP contribution >= 0.6 is 0 Å². The van der Waals surface area contributed by atoms with Gasteiger partial charge < -0.3 is 25.8 Å². The van der Waals surface area contributed by atoms with Crippen LogP contribution in [0.15, 0.2) is 54.6 Å². The minimum atomic E-state index is -0.909. The minimum absolute atomic E-state index is 0.0955. The standard InChI is InChI=1S/C33H49N3O5/c1-22(2)12-15-27(35-33(40)32(23(3)4)34-25(6)37)21-30(38)29(20-26-10-8-7-9-11-26)36-31(39)18-19-41-28-16-13-24(5)14-17-28/h7-11,13-14,16-17,22-23,27,29-30,32,38H,12,15,18-21H2,1-6H3,(H,34,37)(H,35,40)(H,36,39)/t27?,29?,30-,32-/m0/s1. The first-order valence-corrected chi connectivity index (χ1v) is 14.7. The third-order valence-electron chi connectivity index (χ3n) is 7.00. The van der Waals surface area contributed by atoms with E-state index in [1.807, 2.05) is 75.4 Å². The van der Waals surface area contributed by atoms with Crippen molar-refractivity contribution in [2.24, 2.45) is 11.8 Å². The van der Waals surface area contributed by atoms with Crippen molar-refractivity contribution in [3.05, 3.63) is 65.7 Å². The molecule has 8 nitrogen and oxygen atoms in total. The molecule has 0 aromatic heterocycles. The lowest BCUT2D eigenvalue weighted by Gasteiger charge is -2.30. The molecule has 41 heavy (non-hydrogen) atoms. The summed E-state index contributed by atoms with van der Waals surface area (Å²) >= 11 is 0. The second-order valence-electron chi connectivity index (χ2n) is 11.7. The lowest BCUT2D eigenvalue weighted by Crippen LogP contribution is -2.53. The van der Waals surface area contributed by atoms with Crippen LogP contribution in [0.4, 0.5) is 0 Å². The van der Waals surface area contributed by atoms with Crippen LogP contribution in [0.2, 0.25) is 0 Å². The molecule has 2 aromatic carbocycles. The fraction of sp³-hybridized carbons (Fsp3) is 0.545. The van der Waals surface area contributed by atoms with Gasteiger partial charge in [-0.1, -0.05) is 75.7 Å². The Bertz CT molecular complexity index is 1070. The first-order chi connectivity index (χ1) is 19.4. The average Bonchev–Trinajstić information content (AvgIpc) is 2.91. The van der Waals surface area contributed by atoms with Crippen molar-refractivity contribution < 1.29 is 24.2 Å². The largest absolute Gasteiger partial charge is 0.493 e. The monoisotopic (exact) mass is 567 g/mol. The van der Waals surface area contributed by atoms with E-state index in [1.54, 1.807) is 0 Å². The molecule has 4 N–H and O–H groups in total. The summed E-state index contributed by atoms with van der Waals surface area (Å²) in [5.41, 5.74) is 2.12. The highest BCUT2D eigenvalue weighted by molar-refractivity contribution is 5.87. The normalized spacial score (nSPS) is 14.2. The number of rotatable bonds is 17. The zero-order valence-corrected chi connectivity index (χ0v) is 25.5. The van der Waals surface area contributed by atoms with Gasteiger partial charge in [0.1, 0.15) is 11.8 Å². The van der Waals surface area contributed by atoms with Crippen molar-refractivity contribution >= 4 is 17.7 Å². The number of hydrogen-bond donors (Lipinski definition) is 4. The third kappa shape index (κ3) is 13.2. The van der Waals surface area contributed by atoms with E-state index in [0.717, 1.165) is 17.5 Å². The van der Waals surface area contributed by atoms with Crippen molar-refractivity contribution in [2.45, 2.75) is 97.9 Å².